The number of Topliss-reactive ketones (excluding diaryl/α,β-unsaturated/α-hetero) is 1. The maximum atomic E-state index is 13.2. The van der Waals surface area contributed by atoms with Crippen LogP contribution in [-0.4, -0.2) is 36.2 Å². The highest BCUT2D eigenvalue weighted by molar-refractivity contribution is 6.51. The second kappa shape index (κ2) is 8.22. The van der Waals surface area contributed by atoms with Crippen molar-refractivity contribution in [3.63, 3.8) is 0 Å². The lowest BCUT2D eigenvalue weighted by Crippen LogP contribution is -2.30. The van der Waals surface area contributed by atoms with Crippen LogP contribution in [0.1, 0.15) is 28.5 Å². The molecule has 0 saturated carbocycles. The Morgan fingerprint density at radius 3 is 2.34 bits per heavy atom. The van der Waals surface area contributed by atoms with Gasteiger partial charge in [-0.1, -0.05) is 35.0 Å². The van der Waals surface area contributed by atoms with Crippen LogP contribution < -0.4 is 14.4 Å². The minimum atomic E-state index is -1.01. The smallest absolute Gasteiger partial charge is 0.301 e. The normalized spacial score (nSPS) is 17.6. The molecule has 8 heteroatoms. The van der Waals surface area contributed by atoms with Gasteiger partial charge in [0.2, 0.25) is 0 Å². The molecule has 2 heterocycles. The van der Waals surface area contributed by atoms with Gasteiger partial charge in [-0.05, 0) is 32.0 Å². The topological polar surface area (TPSA) is 102 Å². The summed E-state index contributed by atoms with van der Waals surface area (Å²) in [5.41, 5.74) is 1.79. The van der Waals surface area contributed by atoms with Gasteiger partial charge in [0.1, 0.15) is 29.1 Å². The van der Waals surface area contributed by atoms with Crippen molar-refractivity contribution < 1.29 is 28.7 Å². The van der Waals surface area contributed by atoms with Gasteiger partial charge in [-0.15, -0.1) is 0 Å². The summed E-state index contributed by atoms with van der Waals surface area (Å²) < 4.78 is 16.0. The van der Waals surface area contributed by atoms with Crippen LogP contribution in [0.5, 0.6) is 11.5 Å². The predicted octanol–water partition coefficient (Wildman–Crippen LogP) is 3.93. The molecule has 32 heavy (non-hydrogen) atoms. The number of hydrogen-bond acceptors (Lipinski definition) is 7. The van der Waals surface area contributed by atoms with E-state index in [1.54, 1.807) is 43.3 Å². The fourth-order valence-electron chi connectivity index (χ4n) is 3.75. The lowest BCUT2D eigenvalue weighted by Gasteiger charge is -2.24. The molecule has 1 atom stereocenters. The first kappa shape index (κ1) is 21.2. The molecule has 2 aromatic carbocycles. The molecule has 1 N–H and O–H groups in total. The Bertz CT molecular complexity index is 1230. The van der Waals surface area contributed by atoms with Crippen molar-refractivity contribution in [2.45, 2.75) is 19.9 Å². The number of ketones is 1. The van der Waals surface area contributed by atoms with Gasteiger partial charge in [0, 0.05) is 17.2 Å². The molecule has 4 rings (SSSR count). The summed E-state index contributed by atoms with van der Waals surface area (Å²) in [7, 11) is 2.99. The molecule has 1 aliphatic heterocycles. The van der Waals surface area contributed by atoms with Crippen LogP contribution in [0.3, 0.4) is 0 Å². The SMILES string of the molecule is COc1ccc(OC)c([C@@H]2C(=C(O)c3ccc(C)cc3)C(=O)C(=O)N2c2cc(C)on2)c1. The number of rotatable bonds is 5. The zero-order chi connectivity index (χ0) is 23.0. The van der Waals surface area contributed by atoms with Crippen LogP contribution in [0.4, 0.5) is 5.82 Å². The second-order valence-corrected chi connectivity index (χ2v) is 7.44. The van der Waals surface area contributed by atoms with Gasteiger partial charge in [-0.2, -0.15) is 0 Å². The van der Waals surface area contributed by atoms with Crippen molar-refractivity contribution in [1.29, 1.82) is 0 Å². The van der Waals surface area contributed by atoms with Crippen LogP contribution >= 0.6 is 0 Å². The Labute approximate surface area is 184 Å². The van der Waals surface area contributed by atoms with E-state index in [2.05, 4.69) is 5.16 Å². The highest BCUT2D eigenvalue weighted by Crippen LogP contribution is 2.45. The highest BCUT2D eigenvalue weighted by atomic mass is 16.5. The van der Waals surface area contributed by atoms with E-state index in [-0.39, 0.29) is 17.2 Å². The Balaban J connectivity index is 2.00. The highest BCUT2D eigenvalue weighted by Gasteiger charge is 2.49. The van der Waals surface area contributed by atoms with Crippen molar-refractivity contribution in [3.05, 3.63) is 76.6 Å². The fourth-order valence-corrected chi connectivity index (χ4v) is 3.75. The van der Waals surface area contributed by atoms with Crippen LogP contribution in [-0.2, 0) is 9.59 Å². The molecule has 0 radical (unpaired) electrons. The number of hydrogen-bond donors (Lipinski definition) is 1. The first-order valence-electron chi connectivity index (χ1n) is 9.89. The number of amides is 1. The summed E-state index contributed by atoms with van der Waals surface area (Å²) in [6, 6.07) is 12.6. The lowest BCUT2D eigenvalue weighted by atomic mass is 9.94. The van der Waals surface area contributed by atoms with Gasteiger partial charge < -0.3 is 19.1 Å². The third-order valence-electron chi connectivity index (χ3n) is 5.36. The molecule has 0 spiro atoms. The van der Waals surface area contributed by atoms with E-state index in [4.69, 9.17) is 14.0 Å². The molecule has 0 unspecified atom stereocenters. The summed E-state index contributed by atoms with van der Waals surface area (Å²) in [4.78, 5) is 27.5. The molecule has 1 saturated heterocycles. The quantitative estimate of drug-likeness (QED) is 0.369. The number of anilines is 1. The van der Waals surface area contributed by atoms with Gasteiger partial charge in [0.15, 0.2) is 5.82 Å². The maximum Gasteiger partial charge on any atom is 0.301 e. The van der Waals surface area contributed by atoms with E-state index in [1.165, 1.54) is 19.1 Å². The molecule has 0 bridgehead atoms. The van der Waals surface area contributed by atoms with Gasteiger partial charge >= 0.3 is 5.91 Å². The van der Waals surface area contributed by atoms with Crippen LogP contribution in [0.2, 0.25) is 0 Å². The molecule has 8 nitrogen and oxygen atoms in total. The third kappa shape index (κ3) is 3.49. The average molecular weight is 434 g/mol. The maximum absolute atomic E-state index is 13.2. The summed E-state index contributed by atoms with van der Waals surface area (Å²) >= 11 is 0. The van der Waals surface area contributed by atoms with E-state index in [9.17, 15) is 14.7 Å². The second-order valence-electron chi connectivity index (χ2n) is 7.44. The Morgan fingerprint density at radius 1 is 1.03 bits per heavy atom. The van der Waals surface area contributed by atoms with Gasteiger partial charge in [-0.3, -0.25) is 14.5 Å². The minimum absolute atomic E-state index is 0.0777. The Morgan fingerprint density at radius 2 is 1.75 bits per heavy atom. The first-order valence-corrected chi connectivity index (χ1v) is 9.89. The number of benzene rings is 2. The summed E-state index contributed by atoms with van der Waals surface area (Å²) in [5, 5.41) is 15.1. The number of aromatic nitrogens is 1. The standard InChI is InChI=1S/C24H22N2O6/c1-13-5-7-15(8-6-13)22(27)20-21(17-12-16(30-3)9-10-18(17)31-4)26(24(29)23(20)28)19-11-14(2)32-25-19/h5-12,21,27H,1-4H3/t21-/m1/s1. The number of aliphatic hydroxyl groups excluding tert-OH is 1. The molecule has 1 fully saturated rings. The molecule has 1 aromatic heterocycles. The summed E-state index contributed by atoms with van der Waals surface area (Å²) in [5.74, 6) is -0.420. The zero-order valence-corrected chi connectivity index (χ0v) is 18.1. The number of aryl methyl sites for hydroxylation is 2. The summed E-state index contributed by atoms with van der Waals surface area (Å²) in [6.07, 6.45) is 0. The van der Waals surface area contributed by atoms with Crippen molar-refractivity contribution in [1.82, 2.24) is 5.16 Å². The molecule has 3 aromatic rings. The monoisotopic (exact) mass is 434 g/mol. The first-order chi connectivity index (χ1) is 15.3. The molecule has 164 valence electrons. The number of methoxy groups -OCH3 is 2. The zero-order valence-electron chi connectivity index (χ0n) is 18.1. The third-order valence-corrected chi connectivity index (χ3v) is 5.36. The van der Waals surface area contributed by atoms with Crippen LogP contribution in [0.25, 0.3) is 5.76 Å². The molecule has 1 aliphatic rings. The van der Waals surface area contributed by atoms with Crippen LogP contribution in [0, 0.1) is 13.8 Å². The van der Waals surface area contributed by atoms with Crippen molar-refractivity contribution in [3.8, 4) is 11.5 Å². The van der Waals surface area contributed by atoms with Gasteiger partial charge in [0.05, 0.1) is 19.8 Å². The van der Waals surface area contributed by atoms with Crippen molar-refractivity contribution in [2.24, 2.45) is 0 Å². The summed E-state index contributed by atoms with van der Waals surface area (Å²) in [6.45, 7) is 3.59. The van der Waals surface area contributed by atoms with E-state index in [0.29, 0.717) is 28.4 Å². The van der Waals surface area contributed by atoms with E-state index >= 15 is 0 Å². The van der Waals surface area contributed by atoms with Crippen LogP contribution in [0.15, 0.2) is 58.6 Å². The predicted molar refractivity (Wildman–Crippen MR) is 117 cm³/mol. The van der Waals surface area contributed by atoms with E-state index < -0.39 is 17.7 Å². The van der Waals surface area contributed by atoms with Gasteiger partial charge in [0.25, 0.3) is 5.78 Å². The molecule has 1 amide bonds. The minimum Gasteiger partial charge on any atom is -0.507 e. The Hall–Kier alpha value is -4.07. The van der Waals surface area contributed by atoms with Crippen molar-refractivity contribution in [2.75, 3.05) is 19.1 Å². The van der Waals surface area contributed by atoms with Crippen molar-refractivity contribution >= 4 is 23.3 Å². The lowest BCUT2D eigenvalue weighted by molar-refractivity contribution is -0.132. The number of aliphatic hydroxyl groups is 1. The van der Waals surface area contributed by atoms with E-state index in [0.717, 1.165) is 5.56 Å². The largest absolute Gasteiger partial charge is 0.507 e. The van der Waals surface area contributed by atoms with Gasteiger partial charge in [-0.25, -0.2) is 0 Å². The number of ether oxygens (including phenoxy) is 2. The average Bonchev–Trinajstić information content (AvgIpc) is 3.33. The number of nitrogens with zero attached hydrogens (tertiary/aromatic N) is 2. The molecular formula is C24H22N2O6. The molecular weight excluding hydrogens is 412 g/mol. The Kier molecular flexibility index (Phi) is 5.44. The number of carbonyl (C=O) groups excluding carboxylic acids is 2. The molecule has 0 aliphatic carbocycles. The fraction of sp³-hybridized carbons (Fsp3) is 0.208. The van der Waals surface area contributed by atoms with E-state index in [1.807, 2.05) is 19.1 Å². The number of carbonyl (C=O) groups is 2.